The maximum atomic E-state index is 14.5. The molecule has 0 spiro atoms. The SMILES string of the molecule is CCO[C@H]1CC[C@H](N/C=C(/NC(=O)c2csc(-c3cnn(COC(=O)OC(C)C)c3)n2)C(=N)c2nc(F)ccc2F)CC1. The first-order chi connectivity index (χ1) is 20.6. The highest BCUT2D eigenvalue weighted by Crippen LogP contribution is 2.24. The summed E-state index contributed by atoms with van der Waals surface area (Å²) in [5.74, 6) is -2.52. The molecule has 230 valence electrons. The number of nitrogens with zero attached hydrogens (tertiary/aromatic N) is 4. The molecule has 43 heavy (non-hydrogen) atoms. The van der Waals surface area contributed by atoms with Gasteiger partial charge < -0.3 is 24.8 Å². The van der Waals surface area contributed by atoms with Crippen molar-refractivity contribution in [3.63, 3.8) is 0 Å². The second-order valence-corrected chi connectivity index (χ2v) is 10.8. The number of carbonyl (C=O) groups excluding carboxylic acids is 2. The molecular formula is C28H33F2N7O5S. The fraction of sp³-hybridized carbons (Fsp3) is 0.429. The first-order valence-corrected chi connectivity index (χ1v) is 14.6. The number of allylic oxidation sites excluding steroid dienone is 1. The normalized spacial score (nSPS) is 17.0. The van der Waals surface area contributed by atoms with Gasteiger partial charge in [-0.05, 0) is 58.6 Å². The third kappa shape index (κ3) is 8.88. The molecule has 3 aromatic heterocycles. The van der Waals surface area contributed by atoms with Crippen LogP contribution in [0.15, 0.2) is 41.8 Å². The van der Waals surface area contributed by atoms with Gasteiger partial charge in [0, 0.05) is 36.0 Å². The van der Waals surface area contributed by atoms with E-state index in [2.05, 4.69) is 25.7 Å². The molecule has 0 aliphatic heterocycles. The fourth-order valence-electron chi connectivity index (χ4n) is 4.31. The van der Waals surface area contributed by atoms with Gasteiger partial charge in [0.2, 0.25) is 5.95 Å². The van der Waals surface area contributed by atoms with Gasteiger partial charge in [0.15, 0.2) is 12.5 Å². The molecule has 0 bridgehead atoms. The Bertz CT molecular complexity index is 1470. The number of hydrogen-bond acceptors (Lipinski definition) is 11. The Hall–Kier alpha value is -4.24. The number of pyridine rings is 1. The van der Waals surface area contributed by atoms with Gasteiger partial charge in [-0.1, -0.05) is 0 Å². The molecule has 15 heteroatoms. The van der Waals surface area contributed by atoms with Crippen molar-refractivity contribution in [3.05, 3.63) is 65.0 Å². The van der Waals surface area contributed by atoms with Crippen molar-refractivity contribution in [2.45, 2.75) is 71.4 Å². The maximum Gasteiger partial charge on any atom is 0.510 e. The minimum Gasteiger partial charge on any atom is -0.432 e. The highest BCUT2D eigenvalue weighted by atomic mass is 32.1. The average Bonchev–Trinajstić information content (AvgIpc) is 3.66. The monoisotopic (exact) mass is 617 g/mol. The van der Waals surface area contributed by atoms with Crippen LogP contribution in [0.3, 0.4) is 0 Å². The molecule has 4 rings (SSSR count). The molecule has 0 radical (unpaired) electrons. The Morgan fingerprint density at radius 3 is 2.70 bits per heavy atom. The van der Waals surface area contributed by atoms with Gasteiger partial charge in [-0.2, -0.15) is 9.49 Å². The Kier molecular flexibility index (Phi) is 10.9. The van der Waals surface area contributed by atoms with Crippen LogP contribution < -0.4 is 10.6 Å². The lowest BCUT2D eigenvalue weighted by molar-refractivity contribution is 0.0132. The number of ether oxygens (including phenoxy) is 3. The third-order valence-corrected chi connectivity index (χ3v) is 7.26. The number of rotatable bonds is 12. The van der Waals surface area contributed by atoms with Gasteiger partial charge in [-0.15, -0.1) is 11.3 Å². The molecule has 0 saturated heterocycles. The first-order valence-electron chi connectivity index (χ1n) is 13.7. The van der Waals surface area contributed by atoms with Crippen molar-refractivity contribution < 1.29 is 32.6 Å². The predicted molar refractivity (Wildman–Crippen MR) is 153 cm³/mol. The van der Waals surface area contributed by atoms with E-state index < -0.39 is 35.2 Å². The summed E-state index contributed by atoms with van der Waals surface area (Å²) in [6.07, 6.45) is 6.86. The van der Waals surface area contributed by atoms with E-state index in [1.54, 1.807) is 20.0 Å². The van der Waals surface area contributed by atoms with Crippen LogP contribution in [0.4, 0.5) is 13.6 Å². The summed E-state index contributed by atoms with van der Waals surface area (Å²) in [4.78, 5) is 32.7. The lowest BCUT2D eigenvalue weighted by Crippen LogP contribution is -2.35. The molecule has 1 aliphatic rings. The van der Waals surface area contributed by atoms with Crippen molar-refractivity contribution in [1.82, 2.24) is 30.4 Å². The smallest absolute Gasteiger partial charge is 0.432 e. The summed E-state index contributed by atoms with van der Waals surface area (Å²) < 4.78 is 45.3. The quantitative estimate of drug-likeness (QED) is 0.148. The standard InChI is InChI=1S/C28H33F2N7O5S/c1-4-40-19-7-5-18(6-8-19)32-12-21(24(31)25-20(29)9-10-23(30)36-25)34-26(38)22-14-43-27(35-22)17-11-33-37(13-17)15-41-28(39)42-16(2)3/h9-14,16,18-19,31-32H,4-8,15H2,1-3H3,(H,34,38)/b21-12+,31-24?/t18-,19-. The van der Waals surface area contributed by atoms with Crippen molar-refractivity contribution >= 4 is 29.1 Å². The second-order valence-electron chi connectivity index (χ2n) is 9.94. The average molecular weight is 618 g/mol. The molecule has 0 atom stereocenters. The van der Waals surface area contributed by atoms with Gasteiger partial charge >= 0.3 is 6.16 Å². The lowest BCUT2D eigenvalue weighted by Gasteiger charge is -2.28. The maximum absolute atomic E-state index is 14.5. The molecule has 1 aliphatic carbocycles. The molecule has 1 amide bonds. The van der Waals surface area contributed by atoms with Crippen molar-refractivity contribution in [3.8, 4) is 10.6 Å². The van der Waals surface area contributed by atoms with Crippen LogP contribution in [0.5, 0.6) is 0 Å². The van der Waals surface area contributed by atoms with Gasteiger partial charge in [0.05, 0.1) is 24.1 Å². The molecule has 3 aromatic rings. The van der Waals surface area contributed by atoms with E-state index in [4.69, 9.17) is 19.6 Å². The Balaban J connectivity index is 1.46. The number of hydrogen-bond donors (Lipinski definition) is 3. The molecule has 12 nitrogen and oxygen atoms in total. The Morgan fingerprint density at radius 2 is 1.98 bits per heavy atom. The van der Waals surface area contributed by atoms with Crippen LogP contribution in [0.1, 0.15) is 62.6 Å². The molecule has 3 heterocycles. The molecule has 3 N–H and O–H groups in total. The van der Waals surface area contributed by atoms with E-state index in [0.29, 0.717) is 17.2 Å². The van der Waals surface area contributed by atoms with Gasteiger partial charge in [0.1, 0.15) is 22.1 Å². The zero-order chi connectivity index (χ0) is 30.9. The van der Waals surface area contributed by atoms with E-state index in [1.165, 1.54) is 33.8 Å². The number of nitrogens with one attached hydrogen (secondary N) is 3. The summed E-state index contributed by atoms with van der Waals surface area (Å²) >= 11 is 1.17. The number of aromatic nitrogens is 4. The van der Waals surface area contributed by atoms with Gasteiger partial charge in [0.25, 0.3) is 5.91 Å². The summed E-state index contributed by atoms with van der Waals surface area (Å²) in [5.41, 5.74) is -0.536. The summed E-state index contributed by atoms with van der Waals surface area (Å²) in [6, 6.07) is 1.77. The minimum atomic E-state index is -0.957. The van der Waals surface area contributed by atoms with Crippen LogP contribution in [0, 0.1) is 17.2 Å². The highest BCUT2D eigenvalue weighted by Gasteiger charge is 2.23. The van der Waals surface area contributed by atoms with Crippen LogP contribution in [-0.4, -0.2) is 62.4 Å². The zero-order valence-electron chi connectivity index (χ0n) is 23.9. The summed E-state index contributed by atoms with van der Waals surface area (Å²) in [6.45, 7) is 5.83. The zero-order valence-corrected chi connectivity index (χ0v) is 24.7. The van der Waals surface area contributed by atoms with E-state index >= 15 is 0 Å². The van der Waals surface area contributed by atoms with E-state index in [-0.39, 0.29) is 36.4 Å². The molecule has 1 fully saturated rings. The largest absolute Gasteiger partial charge is 0.510 e. The predicted octanol–water partition coefficient (Wildman–Crippen LogP) is 4.78. The van der Waals surface area contributed by atoms with E-state index in [1.807, 2.05) is 6.92 Å². The topological polar surface area (TPSA) is 153 Å². The number of carbonyl (C=O) groups is 2. The lowest BCUT2D eigenvalue weighted by atomic mass is 9.93. The fourth-order valence-corrected chi connectivity index (χ4v) is 5.09. The molecule has 0 unspecified atom stereocenters. The van der Waals surface area contributed by atoms with Crippen molar-refractivity contribution in [2.24, 2.45) is 0 Å². The second kappa shape index (κ2) is 14.8. The Labute approximate surface area is 251 Å². The van der Waals surface area contributed by atoms with Crippen LogP contribution in [0.2, 0.25) is 0 Å². The molecular weight excluding hydrogens is 584 g/mol. The molecule has 1 saturated carbocycles. The third-order valence-electron chi connectivity index (χ3n) is 6.37. The van der Waals surface area contributed by atoms with Crippen molar-refractivity contribution in [2.75, 3.05) is 6.61 Å². The summed E-state index contributed by atoms with van der Waals surface area (Å²) in [7, 11) is 0. The Morgan fingerprint density at radius 1 is 1.21 bits per heavy atom. The van der Waals surface area contributed by atoms with E-state index in [9.17, 15) is 18.4 Å². The van der Waals surface area contributed by atoms with Gasteiger partial charge in [-0.25, -0.2) is 23.8 Å². The number of thiazole rings is 1. The summed E-state index contributed by atoms with van der Waals surface area (Å²) in [5, 5.41) is 20.5. The molecule has 0 aromatic carbocycles. The minimum absolute atomic E-state index is 0.0353. The highest BCUT2D eigenvalue weighted by molar-refractivity contribution is 7.13. The van der Waals surface area contributed by atoms with Crippen LogP contribution in [-0.2, 0) is 20.9 Å². The van der Waals surface area contributed by atoms with Crippen LogP contribution >= 0.6 is 11.3 Å². The first kappa shape index (κ1) is 31.7. The number of amides is 1. The van der Waals surface area contributed by atoms with Gasteiger partial charge in [-0.3, -0.25) is 10.2 Å². The van der Waals surface area contributed by atoms with Crippen molar-refractivity contribution in [1.29, 1.82) is 5.41 Å². The van der Waals surface area contributed by atoms with E-state index in [0.717, 1.165) is 37.8 Å². The number of halogens is 2. The van der Waals surface area contributed by atoms with Crippen LogP contribution in [0.25, 0.3) is 10.6 Å².